The largest absolute Gasteiger partial charge is 0.456 e. The summed E-state index contributed by atoms with van der Waals surface area (Å²) in [4.78, 5) is 15.8. The number of aryl methyl sites for hydroxylation is 1. The molecule has 0 aliphatic heterocycles. The number of para-hydroxylation sites is 2. The number of nitrogens with two attached hydrogens (primary N) is 1. The fraction of sp³-hybridized carbons (Fsp3) is 0.143. The molecular weight excluding hydrogens is 256 g/mol. The van der Waals surface area contributed by atoms with Crippen molar-refractivity contribution in [1.29, 1.82) is 0 Å². The minimum atomic E-state index is -0.435. The Morgan fingerprint density at radius 1 is 1.45 bits per heavy atom. The zero-order chi connectivity index (χ0) is 14.1. The Morgan fingerprint density at radius 2 is 2.25 bits per heavy atom. The average Bonchev–Trinajstić information content (AvgIpc) is 3.04. The van der Waals surface area contributed by atoms with E-state index in [2.05, 4.69) is 10.4 Å². The standard InChI is InChI=1S/C14H14N4O2/c1-9-10(6-13(20-9)14(19)17-15)7-18-8-16-11-4-2-3-5-12(11)18/h2-6,8H,7,15H2,1H3,(H,17,19). The molecule has 2 heterocycles. The quantitative estimate of drug-likeness (QED) is 0.430. The number of furan rings is 1. The van der Waals surface area contributed by atoms with Crippen molar-refractivity contribution in [2.24, 2.45) is 5.84 Å². The number of fused-ring (bicyclic) bond motifs is 1. The van der Waals surface area contributed by atoms with Crippen molar-refractivity contribution in [3.05, 3.63) is 53.7 Å². The van der Waals surface area contributed by atoms with Gasteiger partial charge in [0, 0.05) is 5.56 Å². The van der Waals surface area contributed by atoms with Crippen LogP contribution in [0.3, 0.4) is 0 Å². The zero-order valence-electron chi connectivity index (χ0n) is 11.0. The van der Waals surface area contributed by atoms with Crippen LogP contribution in [0.5, 0.6) is 0 Å². The van der Waals surface area contributed by atoms with E-state index in [-0.39, 0.29) is 5.76 Å². The number of hydrogen-bond acceptors (Lipinski definition) is 4. The molecule has 6 heteroatoms. The van der Waals surface area contributed by atoms with Crippen molar-refractivity contribution >= 4 is 16.9 Å². The van der Waals surface area contributed by atoms with E-state index in [0.29, 0.717) is 12.3 Å². The van der Waals surface area contributed by atoms with Gasteiger partial charge >= 0.3 is 5.91 Å². The normalized spacial score (nSPS) is 10.9. The molecule has 3 N–H and O–H groups in total. The highest BCUT2D eigenvalue weighted by atomic mass is 16.4. The molecule has 0 bridgehead atoms. The lowest BCUT2D eigenvalue weighted by Crippen LogP contribution is -2.29. The van der Waals surface area contributed by atoms with Crippen LogP contribution < -0.4 is 11.3 Å². The minimum absolute atomic E-state index is 0.212. The third kappa shape index (κ3) is 2.06. The van der Waals surface area contributed by atoms with Gasteiger partial charge in [-0.1, -0.05) is 12.1 Å². The first-order chi connectivity index (χ1) is 9.69. The molecule has 0 saturated heterocycles. The summed E-state index contributed by atoms with van der Waals surface area (Å²) in [5.74, 6) is 5.57. The molecule has 3 rings (SSSR count). The van der Waals surface area contributed by atoms with Gasteiger partial charge in [-0.2, -0.15) is 0 Å². The number of carbonyl (C=O) groups excluding carboxylic acids is 1. The number of rotatable bonds is 3. The van der Waals surface area contributed by atoms with E-state index in [4.69, 9.17) is 10.3 Å². The van der Waals surface area contributed by atoms with E-state index in [0.717, 1.165) is 16.6 Å². The lowest BCUT2D eigenvalue weighted by molar-refractivity contribution is 0.0924. The van der Waals surface area contributed by atoms with Crippen molar-refractivity contribution in [3.63, 3.8) is 0 Å². The van der Waals surface area contributed by atoms with Gasteiger partial charge in [0.1, 0.15) is 5.76 Å². The number of nitrogens with zero attached hydrogens (tertiary/aromatic N) is 2. The van der Waals surface area contributed by atoms with Gasteiger partial charge in [-0.3, -0.25) is 10.2 Å². The Labute approximate surface area is 115 Å². The molecule has 0 atom stereocenters. The van der Waals surface area contributed by atoms with Gasteiger partial charge in [0.2, 0.25) is 0 Å². The van der Waals surface area contributed by atoms with Crippen LogP contribution in [0.1, 0.15) is 21.9 Å². The summed E-state index contributed by atoms with van der Waals surface area (Å²) in [5, 5.41) is 0. The number of aromatic nitrogens is 2. The molecule has 6 nitrogen and oxygen atoms in total. The molecule has 0 radical (unpaired) electrons. The topological polar surface area (TPSA) is 86.1 Å². The second-order valence-electron chi connectivity index (χ2n) is 4.53. The van der Waals surface area contributed by atoms with E-state index >= 15 is 0 Å². The number of amides is 1. The van der Waals surface area contributed by atoms with Crippen LogP contribution in [0.2, 0.25) is 0 Å². The summed E-state index contributed by atoms with van der Waals surface area (Å²) < 4.78 is 7.41. The van der Waals surface area contributed by atoms with Gasteiger partial charge in [0.05, 0.1) is 23.9 Å². The Kier molecular flexibility index (Phi) is 3.00. The molecule has 20 heavy (non-hydrogen) atoms. The van der Waals surface area contributed by atoms with Gasteiger partial charge < -0.3 is 8.98 Å². The lowest BCUT2D eigenvalue weighted by atomic mass is 10.2. The van der Waals surface area contributed by atoms with Crippen LogP contribution in [0, 0.1) is 6.92 Å². The van der Waals surface area contributed by atoms with Crippen LogP contribution in [0.25, 0.3) is 11.0 Å². The van der Waals surface area contributed by atoms with E-state index in [9.17, 15) is 4.79 Å². The zero-order valence-corrected chi connectivity index (χ0v) is 11.0. The predicted molar refractivity (Wildman–Crippen MR) is 73.9 cm³/mol. The maximum atomic E-state index is 11.4. The highest BCUT2D eigenvalue weighted by molar-refractivity contribution is 5.91. The summed E-state index contributed by atoms with van der Waals surface area (Å²) in [6.07, 6.45) is 1.78. The second kappa shape index (κ2) is 4.82. The third-order valence-electron chi connectivity index (χ3n) is 3.24. The molecule has 0 fully saturated rings. The van der Waals surface area contributed by atoms with Crippen molar-refractivity contribution in [2.45, 2.75) is 13.5 Å². The van der Waals surface area contributed by atoms with Crippen LogP contribution in [-0.2, 0) is 6.54 Å². The number of hydrogen-bond donors (Lipinski definition) is 2. The Hall–Kier alpha value is -2.60. The number of nitrogens with one attached hydrogen (secondary N) is 1. The van der Waals surface area contributed by atoms with E-state index < -0.39 is 5.91 Å². The monoisotopic (exact) mass is 270 g/mol. The van der Waals surface area contributed by atoms with E-state index in [1.54, 1.807) is 12.4 Å². The summed E-state index contributed by atoms with van der Waals surface area (Å²) >= 11 is 0. The van der Waals surface area contributed by atoms with Gasteiger partial charge in [-0.15, -0.1) is 0 Å². The van der Waals surface area contributed by atoms with Gasteiger partial charge in [0.15, 0.2) is 5.76 Å². The molecule has 3 aromatic rings. The second-order valence-corrected chi connectivity index (χ2v) is 4.53. The lowest BCUT2D eigenvalue weighted by Gasteiger charge is -2.02. The van der Waals surface area contributed by atoms with Crippen molar-refractivity contribution in [1.82, 2.24) is 15.0 Å². The fourth-order valence-corrected chi connectivity index (χ4v) is 2.18. The molecule has 1 aromatic carbocycles. The summed E-state index contributed by atoms with van der Waals surface area (Å²) in [7, 11) is 0. The molecule has 102 valence electrons. The predicted octanol–water partition coefficient (Wildman–Crippen LogP) is 1.59. The highest BCUT2D eigenvalue weighted by Gasteiger charge is 2.14. The highest BCUT2D eigenvalue weighted by Crippen LogP contribution is 2.19. The average molecular weight is 270 g/mol. The third-order valence-corrected chi connectivity index (χ3v) is 3.24. The smallest absolute Gasteiger partial charge is 0.300 e. The first-order valence-corrected chi connectivity index (χ1v) is 6.19. The van der Waals surface area contributed by atoms with Gasteiger partial charge in [0.25, 0.3) is 0 Å². The maximum Gasteiger partial charge on any atom is 0.300 e. The Bertz CT molecular complexity index is 772. The molecule has 0 aliphatic rings. The maximum absolute atomic E-state index is 11.4. The molecule has 0 unspecified atom stereocenters. The number of benzene rings is 1. The summed E-state index contributed by atoms with van der Waals surface area (Å²) in [6, 6.07) is 9.58. The van der Waals surface area contributed by atoms with Crippen LogP contribution >= 0.6 is 0 Å². The van der Waals surface area contributed by atoms with Crippen LogP contribution in [-0.4, -0.2) is 15.5 Å². The molecule has 0 spiro atoms. The fourth-order valence-electron chi connectivity index (χ4n) is 2.18. The minimum Gasteiger partial charge on any atom is -0.456 e. The van der Waals surface area contributed by atoms with Crippen LogP contribution in [0.15, 0.2) is 41.1 Å². The van der Waals surface area contributed by atoms with Gasteiger partial charge in [-0.25, -0.2) is 10.8 Å². The molecule has 2 aromatic heterocycles. The Morgan fingerprint density at radius 3 is 3.05 bits per heavy atom. The van der Waals surface area contributed by atoms with Crippen molar-refractivity contribution in [2.75, 3.05) is 0 Å². The number of hydrazine groups is 1. The summed E-state index contributed by atoms with van der Waals surface area (Å²) in [6.45, 7) is 2.41. The van der Waals surface area contributed by atoms with E-state index in [1.807, 2.05) is 35.8 Å². The molecule has 1 amide bonds. The molecule has 0 aliphatic carbocycles. The van der Waals surface area contributed by atoms with Gasteiger partial charge in [-0.05, 0) is 25.1 Å². The Balaban J connectivity index is 1.95. The first kappa shape index (κ1) is 12.4. The van der Waals surface area contributed by atoms with Crippen LogP contribution in [0.4, 0.5) is 0 Å². The first-order valence-electron chi connectivity index (χ1n) is 6.19. The van der Waals surface area contributed by atoms with Crippen molar-refractivity contribution < 1.29 is 9.21 Å². The SMILES string of the molecule is Cc1oc(C(=O)NN)cc1Cn1cnc2ccccc21. The molecule has 0 saturated carbocycles. The van der Waals surface area contributed by atoms with E-state index in [1.165, 1.54) is 0 Å². The number of carbonyl (C=O) groups is 1. The number of nitrogen functional groups attached to an aromatic ring is 1. The molecular formula is C14H14N4O2. The number of imidazole rings is 1. The van der Waals surface area contributed by atoms with Crippen molar-refractivity contribution in [3.8, 4) is 0 Å². The summed E-state index contributed by atoms with van der Waals surface area (Å²) in [5.41, 5.74) is 4.96.